The van der Waals surface area contributed by atoms with E-state index in [4.69, 9.17) is 0 Å². The average molecular weight is 398 g/mol. The van der Waals surface area contributed by atoms with Crippen molar-refractivity contribution < 1.29 is 9.90 Å². The molecule has 0 bridgehead atoms. The van der Waals surface area contributed by atoms with Gasteiger partial charge in [0.25, 0.3) is 0 Å². The summed E-state index contributed by atoms with van der Waals surface area (Å²) in [5.74, 6) is -0.674. The molecule has 1 fully saturated rings. The fourth-order valence-electron chi connectivity index (χ4n) is 4.55. The highest BCUT2D eigenvalue weighted by Crippen LogP contribution is 2.33. The molecule has 1 aliphatic heterocycles. The molecular weight excluding hydrogens is 370 g/mol. The molecule has 1 aliphatic carbocycles. The fourth-order valence-corrected chi connectivity index (χ4v) is 4.55. The van der Waals surface area contributed by atoms with Gasteiger partial charge < -0.3 is 5.11 Å². The Balaban J connectivity index is 0.00000225. The molecule has 0 unspecified atom stereocenters. The largest absolute Gasteiger partial charge is 0.480 e. The third kappa shape index (κ3) is 4.31. The van der Waals surface area contributed by atoms with Crippen LogP contribution in [0.1, 0.15) is 47.9 Å². The molecule has 1 heterocycles. The van der Waals surface area contributed by atoms with Gasteiger partial charge in [0.2, 0.25) is 0 Å². The molecule has 28 heavy (non-hydrogen) atoms. The predicted molar refractivity (Wildman–Crippen MR) is 116 cm³/mol. The van der Waals surface area contributed by atoms with Gasteiger partial charge in [-0.25, -0.2) is 0 Å². The number of carboxylic acids is 1. The summed E-state index contributed by atoms with van der Waals surface area (Å²) in [7, 11) is 0. The van der Waals surface area contributed by atoms with Crippen molar-refractivity contribution in [2.45, 2.75) is 44.6 Å². The summed E-state index contributed by atoms with van der Waals surface area (Å²) in [6, 6.07) is 17.1. The molecule has 0 saturated carbocycles. The zero-order valence-electron chi connectivity index (χ0n) is 16.1. The summed E-state index contributed by atoms with van der Waals surface area (Å²) >= 11 is 0. The number of nitrogens with zero attached hydrogens (tertiary/aromatic N) is 1. The highest BCUT2D eigenvalue weighted by molar-refractivity contribution is 5.85. The molecule has 0 amide bonds. The van der Waals surface area contributed by atoms with Crippen molar-refractivity contribution in [3.8, 4) is 0 Å². The SMILES string of the molecule is Cl.O=C(O)[C@@H]1CCCCN1CCC=C1c2ccccc2CCc2ccccc21. The molecule has 2 aromatic rings. The number of fused-ring (bicyclic) bond motifs is 2. The number of benzene rings is 2. The van der Waals surface area contributed by atoms with Gasteiger partial charge in [-0.2, -0.15) is 0 Å². The molecule has 3 nitrogen and oxygen atoms in total. The minimum Gasteiger partial charge on any atom is -0.480 e. The summed E-state index contributed by atoms with van der Waals surface area (Å²) in [5.41, 5.74) is 6.78. The van der Waals surface area contributed by atoms with Crippen LogP contribution >= 0.6 is 12.4 Å². The number of aliphatic carboxylic acids is 1. The van der Waals surface area contributed by atoms with Gasteiger partial charge in [-0.15, -0.1) is 12.4 Å². The Morgan fingerprint density at radius 3 is 2.21 bits per heavy atom. The van der Waals surface area contributed by atoms with Crippen LogP contribution < -0.4 is 0 Å². The third-order valence-corrected chi connectivity index (χ3v) is 5.94. The predicted octanol–water partition coefficient (Wildman–Crippen LogP) is 4.97. The molecule has 4 rings (SSSR count). The summed E-state index contributed by atoms with van der Waals surface area (Å²) < 4.78 is 0. The van der Waals surface area contributed by atoms with E-state index in [0.29, 0.717) is 0 Å². The first-order chi connectivity index (χ1) is 13.2. The molecule has 0 aromatic heterocycles. The van der Waals surface area contributed by atoms with Crippen LogP contribution in [-0.4, -0.2) is 35.1 Å². The summed E-state index contributed by atoms with van der Waals surface area (Å²) in [4.78, 5) is 13.7. The van der Waals surface area contributed by atoms with E-state index >= 15 is 0 Å². The van der Waals surface area contributed by atoms with Gasteiger partial charge in [0, 0.05) is 6.54 Å². The van der Waals surface area contributed by atoms with Gasteiger partial charge in [-0.3, -0.25) is 9.69 Å². The van der Waals surface area contributed by atoms with Crippen molar-refractivity contribution in [2.24, 2.45) is 0 Å². The lowest BCUT2D eigenvalue weighted by Gasteiger charge is -2.32. The first-order valence-electron chi connectivity index (χ1n) is 10.1. The lowest BCUT2D eigenvalue weighted by atomic mass is 9.93. The zero-order chi connectivity index (χ0) is 18.6. The Morgan fingerprint density at radius 1 is 1.00 bits per heavy atom. The normalized spacial score (nSPS) is 19.0. The molecule has 4 heteroatoms. The number of hydrogen-bond donors (Lipinski definition) is 1. The molecule has 0 spiro atoms. The van der Waals surface area contributed by atoms with Crippen LogP contribution in [0.3, 0.4) is 0 Å². The van der Waals surface area contributed by atoms with Crippen molar-refractivity contribution in [2.75, 3.05) is 13.1 Å². The monoisotopic (exact) mass is 397 g/mol. The number of rotatable bonds is 4. The Kier molecular flexibility index (Phi) is 6.93. The van der Waals surface area contributed by atoms with Crippen LogP contribution in [0, 0.1) is 0 Å². The first kappa shape index (κ1) is 20.6. The van der Waals surface area contributed by atoms with E-state index in [-0.39, 0.29) is 18.4 Å². The van der Waals surface area contributed by atoms with Crippen LogP contribution in [0.5, 0.6) is 0 Å². The molecule has 1 saturated heterocycles. The summed E-state index contributed by atoms with van der Waals surface area (Å²) in [6.07, 6.45) is 8.24. The Labute approximate surface area is 173 Å². The maximum Gasteiger partial charge on any atom is 0.320 e. The lowest BCUT2D eigenvalue weighted by Crippen LogP contribution is -2.44. The van der Waals surface area contributed by atoms with E-state index in [9.17, 15) is 9.90 Å². The molecule has 1 N–H and O–H groups in total. The molecule has 1 atom stereocenters. The van der Waals surface area contributed by atoms with Gasteiger partial charge in [0.05, 0.1) is 0 Å². The van der Waals surface area contributed by atoms with Crippen molar-refractivity contribution in [1.29, 1.82) is 0 Å². The second-order valence-electron chi connectivity index (χ2n) is 7.61. The second kappa shape index (κ2) is 9.40. The van der Waals surface area contributed by atoms with Crippen molar-refractivity contribution in [1.82, 2.24) is 4.90 Å². The Bertz CT molecular complexity index is 812. The topological polar surface area (TPSA) is 40.5 Å². The van der Waals surface area contributed by atoms with Crippen LogP contribution in [0.4, 0.5) is 0 Å². The maximum atomic E-state index is 11.5. The van der Waals surface area contributed by atoms with Crippen LogP contribution in [0.2, 0.25) is 0 Å². The van der Waals surface area contributed by atoms with E-state index in [2.05, 4.69) is 59.5 Å². The lowest BCUT2D eigenvalue weighted by molar-refractivity contribution is -0.144. The number of hydrogen-bond acceptors (Lipinski definition) is 2. The van der Waals surface area contributed by atoms with Crippen LogP contribution in [-0.2, 0) is 17.6 Å². The highest BCUT2D eigenvalue weighted by atomic mass is 35.5. The van der Waals surface area contributed by atoms with Gasteiger partial charge in [-0.05, 0) is 66.5 Å². The second-order valence-corrected chi connectivity index (χ2v) is 7.61. The smallest absolute Gasteiger partial charge is 0.320 e. The number of halogens is 1. The molecule has 148 valence electrons. The number of carbonyl (C=O) groups is 1. The van der Waals surface area contributed by atoms with Crippen LogP contribution in [0.15, 0.2) is 54.6 Å². The standard InChI is InChI=1S/C24H27NO2.ClH/c26-24(27)23-13-5-6-16-25(23)17-7-12-22-20-10-3-1-8-18(20)14-15-19-9-2-4-11-21(19)22;/h1-4,8-12,23H,5-7,13-17H2,(H,26,27);1H/t23-;/m0./s1. The number of carboxylic acid groups (broad SMARTS) is 1. The van der Waals surface area contributed by atoms with Gasteiger partial charge in [0.15, 0.2) is 0 Å². The fraction of sp³-hybridized carbons (Fsp3) is 0.375. The van der Waals surface area contributed by atoms with E-state index in [1.165, 1.54) is 27.8 Å². The van der Waals surface area contributed by atoms with Crippen molar-refractivity contribution in [3.05, 3.63) is 76.9 Å². The molecule has 0 radical (unpaired) electrons. The molecular formula is C24H28ClNO2. The highest BCUT2D eigenvalue weighted by Gasteiger charge is 2.27. The van der Waals surface area contributed by atoms with Crippen LogP contribution in [0.25, 0.3) is 5.57 Å². The first-order valence-corrected chi connectivity index (χ1v) is 10.1. The van der Waals surface area contributed by atoms with Gasteiger partial charge in [0.1, 0.15) is 6.04 Å². The minimum atomic E-state index is -0.674. The molecule has 2 aliphatic rings. The summed E-state index contributed by atoms with van der Waals surface area (Å²) in [6.45, 7) is 1.71. The maximum absolute atomic E-state index is 11.5. The minimum absolute atomic E-state index is 0. The van der Waals surface area contributed by atoms with E-state index in [1.807, 2.05) is 0 Å². The number of likely N-dealkylation sites (tertiary alicyclic amines) is 1. The van der Waals surface area contributed by atoms with Gasteiger partial charge >= 0.3 is 5.97 Å². The van der Waals surface area contributed by atoms with E-state index in [1.54, 1.807) is 0 Å². The quantitative estimate of drug-likeness (QED) is 0.791. The summed E-state index contributed by atoms with van der Waals surface area (Å²) in [5, 5.41) is 9.50. The number of piperidine rings is 1. The van der Waals surface area contributed by atoms with Gasteiger partial charge in [-0.1, -0.05) is 61.0 Å². The van der Waals surface area contributed by atoms with Crippen molar-refractivity contribution in [3.63, 3.8) is 0 Å². The average Bonchev–Trinajstić information content (AvgIpc) is 2.86. The van der Waals surface area contributed by atoms with E-state index < -0.39 is 5.97 Å². The van der Waals surface area contributed by atoms with Crippen molar-refractivity contribution >= 4 is 23.9 Å². The Morgan fingerprint density at radius 2 is 1.61 bits per heavy atom. The number of aryl methyl sites for hydroxylation is 2. The zero-order valence-corrected chi connectivity index (χ0v) is 17.0. The molecule has 2 aromatic carbocycles. The third-order valence-electron chi connectivity index (χ3n) is 5.94. The van der Waals surface area contributed by atoms with E-state index in [0.717, 1.165) is 51.6 Å². The Hall–Kier alpha value is -2.10.